The number of nitrogens with two attached hydrogens (primary N) is 1. The van der Waals surface area contributed by atoms with Gasteiger partial charge in [-0.05, 0) is 59.6 Å². The second-order valence-electron chi connectivity index (χ2n) is 5.84. The van der Waals surface area contributed by atoms with Crippen molar-refractivity contribution in [2.45, 2.75) is 25.8 Å². The fourth-order valence-corrected chi connectivity index (χ4v) is 3.76. The van der Waals surface area contributed by atoms with Crippen molar-refractivity contribution in [2.75, 3.05) is 43.5 Å². The number of nitrogen functional groups attached to an aromatic ring is 1. The molecule has 1 aromatic rings. The van der Waals surface area contributed by atoms with Gasteiger partial charge in [-0.2, -0.15) is 11.8 Å². The second kappa shape index (κ2) is 10.3. The van der Waals surface area contributed by atoms with E-state index in [0.717, 1.165) is 29.7 Å². The molecule has 0 aromatic heterocycles. The number of halogens is 1. The maximum absolute atomic E-state index is 12.2. The van der Waals surface area contributed by atoms with Crippen LogP contribution in [0.25, 0.3) is 0 Å². The van der Waals surface area contributed by atoms with Gasteiger partial charge in [0, 0.05) is 22.5 Å². The van der Waals surface area contributed by atoms with E-state index >= 15 is 0 Å². The molecule has 7 heteroatoms. The Hall–Kier alpha value is -0.760. The van der Waals surface area contributed by atoms with Gasteiger partial charge < -0.3 is 15.6 Å². The molecule has 1 heterocycles. The number of likely N-dealkylation sites (tertiary alicyclic amines) is 1. The molecular weight excluding hydrogens is 392 g/mol. The number of carbonyl (C=O) groups excluding carboxylic acids is 1. The first-order valence-electron chi connectivity index (χ1n) is 8.28. The molecule has 1 aromatic carbocycles. The van der Waals surface area contributed by atoms with E-state index < -0.39 is 0 Å². The summed E-state index contributed by atoms with van der Waals surface area (Å²) in [5.41, 5.74) is 8.35. The molecule has 0 amide bonds. The minimum atomic E-state index is -0.333. The summed E-state index contributed by atoms with van der Waals surface area (Å²) in [6.45, 7) is 3.40. The third kappa shape index (κ3) is 5.95. The van der Waals surface area contributed by atoms with Gasteiger partial charge in [0.25, 0.3) is 0 Å². The summed E-state index contributed by atoms with van der Waals surface area (Å²) in [6, 6.07) is 3.57. The lowest BCUT2D eigenvalue weighted by Crippen LogP contribution is -2.29. The van der Waals surface area contributed by atoms with Gasteiger partial charge in [0.1, 0.15) is 6.61 Å². The molecule has 0 radical (unpaired) electrons. The van der Waals surface area contributed by atoms with Crippen molar-refractivity contribution < 1.29 is 14.6 Å². The van der Waals surface area contributed by atoms with Crippen molar-refractivity contribution in [3.63, 3.8) is 0 Å². The highest BCUT2D eigenvalue weighted by molar-refractivity contribution is 9.10. The molecule has 1 saturated heterocycles. The van der Waals surface area contributed by atoms with Crippen molar-refractivity contribution in [1.29, 1.82) is 0 Å². The summed E-state index contributed by atoms with van der Waals surface area (Å²) in [5.74, 6) is 1.01. The zero-order chi connectivity index (χ0) is 17.4. The number of ether oxygens (including phenoxy) is 1. The van der Waals surface area contributed by atoms with Gasteiger partial charge in [0.05, 0.1) is 17.9 Å². The monoisotopic (exact) mass is 416 g/mol. The second-order valence-corrected chi connectivity index (χ2v) is 7.92. The number of anilines is 1. The van der Waals surface area contributed by atoms with Crippen LogP contribution in [-0.2, 0) is 11.3 Å². The Labute approximate surface area is 156 Å². The molecule has 1 aliphatic heterocycles. The first-order chi connectivity index (χ1) is 11.6. The molecule has 0 spiro atoms. The van der Waals surface area contributed by atoms with Gasteiger partial charge in [0.2, 0.25) is 0 Å². The molecule has 1 fully saturated rings. The quantitative estimate of drug-likeness (QED) is 0.385. The van der Waals surface area contributed by atoms with E-state index in [4.69, 9.17) is 15.6 Å². The summed E-state index contributed by atoms with van der Waals surface area (Å²) in [5, 5.41) is 8.72. The SMILES string of the molecule is Nc1c(Br)cc(C(=O)OCCSCCO)cc1CN1CCCCC1. The van der Waals surface area contributed by atoms with E-state index in [-0.39, 0.29) is 12.6 Å². The van der Waals surface area contributed by atoms with Crippen LogP contribution in [0.3, 0.4) is 0 Å². The number of aliphatic hydroxyl groups is 1. The molecule has 3 N–H and O–H groups in total. The number of aliphatic hydroxyl groups excluding tert-OH is 1. The number of hydrogen-bond acceptors (Lipinski definition) is 6. The lowest BCUT2D eigenvalue weighted by molar-refractivity contribution is 0.0530. The lowest BCUT2D eigenvalue weighted by atomic mass is 10.1. The van der Waals surface area contributed by atoms with Crippen molar-refractivity contribution in [1.82, 2.24) is 4.90 Å². The van der Waals surface area contributed by atoms with Crippen molar-refractivity contribution in [3.05, 3.63) is 27.7 Å². The molecule has 0 aliphatic carbocycles. The summed E-state index contributed by atoms with van der Waals surface area (Å²) >= 11 is 5.01. The lowest BCUT2D eigenvalue weighted by Gasteiger charge is -2.27. The van der Waals surface area contributed by atoms with Crippen molar-refractivity contribution >= 4 is 39.3 Å². The maximum Gasteiger partial charge on any atom is 0.338 e. The van der Waals surface area contributed by atoms with Crippen LogP contribution < -0.4 is 5.73 Å². The Bertz CT molecular complexity index is 551. The zero-order valence-corrected chi connectivity index (χ0v) is 16.2. The molecule has 134 valence electrons. The van der Waals surface area contributed by atoms with Crippen molar-refractivity contribution in [2.24, 2.45) is 0 Å². The molecule has 24 heavy (non-hydrogen) atoms. The highest BCUT2D eigenvalue weighted by Gasteiger charge is 2.16. The van der Waals surface area contributed by atoms with Crippen LogP contribution >= 0.6 is 27.7 Å². The van der Waals surface area contributed by atoms with E-state index in [2.05, 4.69) is 20.8 Å². The average molecular weight is 417 g/mol. The smallest absolute Gasteiger partial charge is 0.338 e. The van der Waals surface area contributed by atoms with Gasteiger partial charge in [0.15, 0.2) is 0 Å². The van der Waals surface area contributed by atoms with Crippen LogP contribution in [0.2, 0.25) is 0 Å². The Morgan fingerprint density at radius 2 is 2.04 bits per heavy atom. The Morgan fingerprint density at radius 1 is 1.29 bits per heavy atom. The molecule has 1 aliphatic rings. The van der Waals surface area contributed by atoms with Crippen LogP contribution in [0.5, 0.6) is 0 Å². The minimum Gasteiger partial charge on any atom is -0.461 e. The minimum absolute atomic E-state index is 0.142. The highest BCUT2D eigenvalue weighted by Crippen LogP contribution is 2.28. The normalized spacial score (nSPS) is 15.4. The topological polar surface area (TPSA) is 75.8 Å². The summed E-state index contributed by atoms with van der Waals surface area (Å²) in [6.07, 6.45) is 3.72. The Kier molecular flexibility index (Phi) is 8.38. The fraction of sp³-hybridized carbons (Fsp3) is 0.588. The number of piperidine rings is 1. The Balaban J connectivity index is 1.98. The van der Waals surface area contributed by atoms with E-state index in [1.54, 1.807) is 17.8 Å². The third-order valence-electron chi connectivity index (χ3n) is 3.99. The predicted molar refractivity (Wildman–Crippen MR) is 102 cm³/mol. The number of hydrogen-bond donors (Lipinski definition) is 2. The summed E-state index contributed by atoms with van der Waals surface area (Å²) in [4.78, 5) is 14.6. The van der Waals surface area contributed by atoms with Crippen LogP contribution in [0.15, 0.2) is 16.6 Å². The number of rotatable bonds is 8. The van der Waals surface area contributed by atoms with E-state index in [1.165, 1.54) is 19.3 Å². The van der Waals surface area contributed by atoms with Gasteiger partial charge in [-0.3, -0.25) is 4.90 Å². The Morgan fingerprint density at radius 3 is 2.75 bits per heavy atom. The number of thioether (sulfide) groups is 1. The van der Waals surface area contributed by atoms with Gasteiger partial charge >= 0.3 is 5.97 Å². The van der Waals surface area contributed by atoms with Gasteiger partial charge in [-0.25, -0.2) is 4.79 Å². The predicted octanol–water partition coefficient (Wildman–Crippen LogP) is 2.90. The number of esters is 1. The summed E-state index contributed by atoms with van der Waals surface area (Å²) < 4.78 is 6.03. The first kappa shape index (κ1) is 19.6. The maximum atomic E-state index is 12.2. The number of carbonyl (C=O) groups is 1. The van der Waals surface area contributed by atoms with Crippen LogP contribution in [0, 0.1) is 0 Å². The first-order valence-corrected chi connectivity index (χ1v) is 10.2. The van der Waals surface area contributed by atoms with Crippen LogP contribution in [0.4, 0.5) is 5.69 Å². The fourth-order valence-electron chi connectivity index (χ4n) is 2.73. The molecule has 0 atom stereocenters. The van der Waals surface area contributed by atoms with Crippen LogP contribution in [0.1, 0.15) is 35.2 Å². The van der Waals surface area contributed by atoms with E-state index in [0.29, 0.717) is 29.4 Å². The molecular formula is C17H25BrN2O3S. The molecule has 5 nitrogen and oxygen atoms in total. The zero-order valence-electron chi connectivity index (χ0n) is 13.8. The standard InChI is InChI=1S/C17H25BrN2O3S/c18-15-11-13(17(22)23-7-9-24-8-6-21)10-14(16(15)19)12-20-4-2-1-3-5-20/h10-11,21H,1-9,12,19H2. The molecule has 0 bridgehead atoms. The van der Waals surface area contributed by atoms with Crippen molar-refractivity contribution in [3.8, 4) is 0 Å². The summed E-state index contributed by atoms with van der Waals surface area (Å²) in [7, 11) is 0. The molecule has 0 unspecified atom stereocenters. The number of benzene rings is 1. The van der Waals surface area contributed by atoms with Crippen LogP contribution in [-0.4, -0.2) is 53.8 Å². The molecule has 0 saturated carbocycles. The largest absolute Gasteiger partial charge is 0.461 e. The average Bonchev–Trinajstić information content (AvgIpc) is 2.59. The third-order valence-corrected chi connectivity index (χ3v) is 5.57. The van der Waals surface area contributed by atoms with E-state index in [1.807, 2.05) is 6.07 Å². The highest BCUT2D eigenvalue weighted by atomic mass is 79.9. The number of nitrogens with zero attached hydrogens (tertiary/aromatic N) is 1. The van der Waals surface area contributed by atoms with Gasteiger partial charge in [-0.1, -0.05) is 6.42 Å². The van der Waals surface area contributed by atoms with E-state index in [9.17, 15) is 4.79 Å². The van der Waals surface area contributed by atoms with Gasteiger partial charge in [-0.15, -0.1) is 0 Å². The molecule has 2 rings (SSSR count).